The fourth-order valence-corrected chi connectivity index (χ4v) is 2.77. The summed E-state index contributed by atoms with van der Waals surface area (Å²) in [5.74, 6) is 1.60. The smallest absolute Gasteiger partial charge is 0.226 e. The zero-order valence-corrected chi connectivity index (χ0v) is 14.5. The number of nitrogens with one attached hydrogen (secondary N) is 1. The summed E-state index contributed by atoms with van der Waals surface area (Å²) in [7, 11) is 1.91. The van der Waals surface area contributed by atoms with Gasteiger partial charge in [0, 0.05) is 39.8 Å². The summed E-state index contributed by atoms with van der Waals surface area (Å²) in [5, 5.41) is 8.53. The van der Waals surface area contributed by atoms with Crippen LogP contribution in [0.1, 0.15) is 6.92 Å². The molecule has 3 heterocycles. The van der Waals surface area contributed by atoms with Gasteiger partial charge in [-0.05, 0) is 6.54 Å². The number of piperazine rings is 1. The molecule has 23 heavy (non-hydrogen) atoms. The van der Waals surface area contributed by atoms with Gasteiger partial charge in [-0.3, -0.25) is 4.68 Å². The van der Waals surface area contributed by atoms with Crippen molar-refractivity contribution in [2.45, 2.75) is 6.92 Å². The van der Waals surface area contributed by atoms with E-state index in [-0.39, 0.29) is 12.4 Å². The van der Waals surface area contributed by atoms with Crippen LogP contribution in [0.25, 0.3) is 11.0 Å². The van der Waals surface area contributed by atoms with Crippen molar-refractivity contribution in [2.24, 2.45) is 7.05 Å². The van der Waals surface area contributed by atoms with Gasteiger partial charge < -0.3 is 15.1 Å². The summed E-state index contributed by atoms with van der Waals surface area (Å²) < 4.78 is 1.79. The summed E-state index contributed by atoms with van der Waals surface area (Å²) in [6.45, 7) is 11.8. The molecule has 126 valence electrons. The molecular weight excluding hydrogens is 314 g/mol. The Bertz CT molecular complexity index is 661. The number of nitrogens with zero attached hydrogens (tertiary/aromatic N) is 6. The van der Waals surface area contributed by atoms with E-state index in [4.69, 9.17) is 4.98 Å². The van der Waals surface area contributed by atoms with Crippen LogP contribution in [0.15, 0.2) is 18.9 Å². The van der Waals surface area contributed by atoms with Crippen molar-refractivity contribution >= 4 is 35.2 Å². The molecule has 0 radical (unpaired) electrons. The van der Waals surface area contributed by atoms with Crippen LogP contribution in [0.4, 0.5) is 11.8 Å². The van der Waals surface area contributed by atoms with Crippen molar-refractivity contribution in [1.82, 2.24) is 24.6 Å². The number of aromatic nitrogens is 4. The minimum Gasteiger partial charge on any atom is -0.353 e. The minimum atomic E-state index is 0. The number of hydrogen-bond acceptors (Lipinski definition) is 6. The Kier molecular flexibility index (Phi) is 5.79. The van der Waals surface area contributed by atoms with E-state index in [0.717, 1.165) is 49.6 Å². The minimum absolute atomic E-state index is 0. The fraction of sp³-hybridized carbons (Fsp3) is 0.533. The average molecular weight is 338 g/mol. The van der Waals surface area contributed by atoms with Crippen molar-refractivity contribution in [3.63, 3.8) is 0 Å². The number of likely N-dealkylation sites (N-methyl/N-ethyl adjacent to an activating group) is 1. The molecule has 0 unspecified atom stereocenters. The molecule has 1 aliphatic heterocycles. The first-order valence-electron chi connectivity index (χ1n) is 7.74. The van der Waals surface area contributed by atoms with Gasteiger partial charge in [0.05, 0.1) is 11.6 Å². The highest BCUT2D eigenvalue weighted by atomic mass is 35.5. The van der Waals surface area contributed by atoms with Gasteiger partial charge in [0.25, 0.3) is 0 Å². The molecule has 7 nitrogen and oxygen atoms in total. The van der Waals surface area contributed by atoms with E-state index in [1.807, 2.05) is 13.2 Å². The van der Waals surface area contributed by atoms with Crippen LogP contribution < -0.4 is 10.2 Å². The topological polar surface area (TPSA) is 62.1 Å². The molecule has 1 saturated heterocycles. The molecule has 8 heteroatoms. The third-order valence-electron chi connectivity index (χ3n) is 4.10. The summed E-state index contributed by atoms with van der Waals surface area (Å²) in [6, 6.07) is 0. The van der Waals surface area contributed by atoms with Gasteiger partial charge in [-0.25, -0.2) is 0 Å². The van der Waals surface area contributed by atoms with E-state index < -0.39 is 0 Å². The molecule has 1 N–H and O–H groups in total. The van der Waals surface area contributed by atoms with Gasteiger partial charge in [0.2, 0.25) is 5.95 Å². The molecule has 2 aromatic rings. The molecule has 0 atom stereocenters. The lowest BCUT2D eigenvalue weighted by Crippen LogP contribution is -2.46. The Morgan fingerprint density at radius 1 is 1.26 bits per heavy atom. The van der Waals surface area contributed by atoms with Gasteiger partial charge in [0.15, 0.2) is 5.65 Å². The predicted octanol–water partition coefficient (Wildman–Crippen LogP) is 1.52. The van der Waals surface area contributed by atoms with Crippen molar-refractivity contribution in [2.75, 3.05) is 49.5 Å². The third-order valence-corrected chi connectivity index (χ3v) is 4.10. The van der Waals surface area contributed by atoms with Crippen molar-refractivity contribution in [3.05, 3.63) is 18.9 Å². The Balaban J connectivity index is 0.00000192. The first-order valence-corrected chi connectivity index (χ1v) is 7.74. The maximum atomic E-state index is 4.71. The maximum absolute atomic E-state index is 4.71. The Hall–Kier alpha value is -1.86. The van der Waals surface area contributed by atoms with Gasteiger partial charge in [-0.15, -0.1) is 19.0 Å². The molecular formula is C15H24ClN7. The number of fused-ring (bicyclic) bond motifs is 1. The number of halogens is 1. The Morgan fingerprint density at radius 2 is 2.00 bits per heavy atom. The van der Waals surface area contributed by atoms with Crippen LogP contribution in [0.2, 0.25) is 0 Å². The second-order valence-corrected chi connectivity index (χ2v) is 5.47. The van der Waals surface area contributed by atoms with E-state index in [0.29, 0.717) is 12.5 Å². The lowest BCUT2D eigenvalue weighted by Gasteiger charge is -2.35. The zero-order chi connectivity index (χ0) is 15.5. The Labute approximate surface area is 142 Å². The summed E-state index contributed by atoms with van der Waals surface area (Å²) in [4.78, 5) is 14.0. The van der Waals surface area contributed by atoms with E-state index in [1.165, 1.54) is 0 Å². The van der Waals surface area contributed by atoms with Crippen LogP contribution in [0, 0.1) is 0 Å². The van der Waals surface area contributed by atoms with Crippen molar-refractivity contribution in [1.29, 1.82) is 0 Å². The molecule has 0 aliphatic carbocycles. The molecule has 2 aromatic heterocycles. The third kappa shape index (κ3) is 3.56. The molecule has 1 fully saturated rings. The van der Waals surface area contributed by atoms with Crippen LogP contribution in [0.5, 0.6) is 0 Å². The highest BCUT2D eigenvalue weighted by Crippen LogP contribution is 2.25. The molecule has 0 amide bonds. The zero-order valence-electron chi connectivity index (χ0n) is 13.7. The lowest BCUT2D eigenvalue weighted by molar-refractivity contribution is 0.271. The van der Waals surface area contributed by atoms with Crippen molar-refractivity contribution in [3.8, 4) is 0 Å². The van der Waals surface area contributed by atoms with Crippen LogP contribution >= 0.6 is 12.4 Å². The second kappa shape index (κ2) is 7.61. The highest BCUT2D eigenvalue weighted by molar-refractivity contribution is 5.88. The SMILES string of the molecule is C=CCNc1nc(N2CCN(CC)CC2)c2cnn(C)c2n1.Cl. The summed E-state index contributed by atoms with van der Waals surface area (Å²) >= 11 is 0. The largest absolute Gasteiger partial charge is 0.353 e. The van der Waals surface area contributed by atoms with Crippen LogP contribution in [-0.4, -0.2) is 63.9 Å². The van der Waals surface area contributed by atoms with E-state index >= 15 is 0 Å². The highest BCUT2D eigenvalue weighted by Gasteiger charge is 2.21. The standard InChI is InChI=1S/C15H23N7.ClH/c1-4-6-16-15-18-13-12(11-17-20(13)3)14(19-15)22-9-7-21(5-2)8-10-22;/h4,11H,1,5-10H2,2-3H3,(H,16,18,19);1H. The molecule has 0 spiro atoms. The van der Waals surface area contributed by atoms with Crippen LogP contribution in [0.3, 0.4) is 0 Å². The predicted molar refractivity (Wildman–Crippen MR) is 96.6 cm³/mol. The molecule has 0 aromatic carbocycles. The average Bonchev–Trinajstić information content (AvgIpc) is 2.94. The second-order valence-electron chi connectivity index (χ2n) is 5.47. The quantitative estimate of drug-likeness (QED) is 0.835. The van der Waals surface area contributed by atoms with E-state index in [9.17, 15) is 0 Å². The van der Waals surface area contributed by atoms with Gasteiger partial charge >= 0.3 is 0 Å². The van der Waals surface area contributed by atoms with E-state index in [1.54, 1.807) is 10.8 Å². The Morgan fingerprint density at radius 3 is 2.65 bits per heavy atom. The number of aryl methyl sites for hydroxylation is 1. The van der Waals surface area contributed by atoms with Crippen LogP contribution in [-0.2, 0) is 7.05 Å². The monoisotopic (exact) mass is 337 g/mol. The number of hydrogen-bond donors (Lipinski definition) is 1. The molecule has 3 rings (SSSR count). The first kappa shape index (κ1) is 17.5. The van der Waals surface area contributed by atoms with Gasteiger partial charge in [-0.2, -0.15) is 15.1 Å². The van der Waals surface area contributed by atoms with E-state index in [2.05, 4.69) is 38.7 Å². The first-order chi connectivity index (χ1) is 10.7. The summed E-state index contributed by atoms with van der Waals surface area (Å²) in [5.41, 5.74) is 0.856. The fourth-order valence-electron chi connectivity index (χ4n) is 2.77. The van der Waals surface area contributed by atoms with Gasteiger partial charge in [0.1, 0.15) is 5.82 Å². The summed E-state index contributed by atoms with van der Waals surface area (Å²) in [6.07, 6.45) is 3.66. The molecule has 0 bridgehead atoms. The van der Waals surface area contributed by atoms with Crippen molar-refractivity contribution < 1.29 is 0 Å². The number of rotatable bonds is 5. The lowest BCUT2D eigenvalue weighted by atomic mass is 10.3. The normalized spacial score (nSPS) is 15.5. The molecule has 0 saturated carbocycles. The maximum Gasteiger partial charge on any atom is 0.226 e. The molecule has 1 aliphatic rings. The number of anilines is 2. The van der Waals surface area contributed by atoms with Gasteiger partial charge in [-0.1, -0.05) is 13.0 Å².